The molecule has 196 valence electrons. The van der Waals surface area contributed by atoms with Gasteiger partial charge in [0.2, 0.25) is 5.75 Å². The van der Waals surface area contributed by atoms with Gasteiger partial charge in [0.05, 0.1) is 25.4 Å². The van der Waals surface area contributed by atoms with Gasteiger partial charge in [-0.25, -0.2) is 4.79 Å². The first-order valence-electron chi connectivity index (χ1n) is 12.7. The summed E-state index contributed by atoms with van der Waals surface area (Å²) in [4.78, 5) is 26.9. The van der Waals surface area contributed by atoms with Crippen molar-refractivity contribution in [2.45, 2.75) is 40.2 Å². The van der Waals surface area contributed by atoms with Crippen LogP contribution in [0.1, 0.15) is 59.0 Å². The molecule has 0 saturated heterocycles. The fraction of sp³-hybridized carbons (Fsp3) is 0.333. The van der Waals surface area contributed by atoms with Gasteiger partial charge in [0.15, 0.2) is 11.5 Å². The first kappa shape index (κ1) is 27.6. The van der Waals surface area contributed by atoms with Crippen molar-refractivity contribution in [3.05, 3.63) is 89.0 Å². The van der Waals surface area contributed by atoms with Crippen LogP contribution >= 0.6 is 0 Å². The van der Waals surface area contributed by atoms with Crippen LogP contribution in [0.3, 0.4) is 0 Å². The Morgan fingerprint density at radius 2 is 1.35 bits per heavy atom. The van der Waals surface area contributed by atoms with Crippen LogP contribution in [0.2, 0.25) is 0 Å². The average molecular weight is 506 g/mol. The van der Waals surface area contributed by atoms with Crippen molar-refractivity contribution in [3.63, 3.8) is 0 Å². The highest BCUT2D eigenvalue weighted by molar-refractivity contribution is 5.95. The number of carbonyl (C=O) groups excluding carboxylic acids is 1. The zero-order valence-corrected chi connectivity index (χ0v) is 21.7. The molecule has 0 aliphatic heterocycles. The number of hydrogen-bond donors (Lipinski definition) is 1. The highest BCUT2D eigenvalue weighted by Gasteiger charge is 2.22. The number of aryl methyl sites for hydroxylation is 1. The summed E-state index contributed by atoms with van der Waals surface area (Å²) in [6.45, 7) is 7.77. The lowest BCUT2D eigenvalue weighted by molar-refractivity contribution is 0.0694. The van der Waals surface area contributed by atoms with Gasteiger partial charge in [-0.3, -0.25) is 4.79 Å². The summed E-state index contributed by atoms with van der Waals surface area (Å²) in [5.41, 5.74) is 2.70. The minimum atomic E-state index is -0.983. The number of aromatic carboxylic acids is 1. The van der Waals surface area contributed by atoms with E-state index < -0.39 is 5.97 Å². The van der Waals surface area contributed by atoms with E-state index in [-0.39, 0.29) is 11.5 Å². The van der Waals surface area contributed by atoms with Crippen LogP contribution in [-0.4, -0.2) is 48.2 Å². The third-order valence-corrected chi connectivity index (χ3v) is 5.75. The van der Waals surface area contributed by atoms with Gasteiger partial charge in [0.1, 0.15) is 0 Å². The first-order chi connectivity index (χ1) is 18.0. The molecule has 3 aromatic carbocycles. The summed E-state index contributed by atoms with van der Waals surface area (Å²) < 4.78 is 17.4. The van der Waals surface area contributed by atoms with E-state index in [1.54, 1.807) is 41.3 Å². The molecule has 0 aliphatic rings. The molecule has 0 aromatic heterocycles. The molecule has 0 heterocycles. The fourth-order valence-corrected chi connectivity index (χ4v) is 4.04. The molecule has 37 heavy (non-hydrogen) atoms. The van der Waals surface area contributed by atoms with Crippen LogP contribution in [-0.2, 0) is 13.0 Å². The van der Waals surface area contributed by atoms with E-state index >= 15 is 0 Å². The van der Waals surface area contributed by atoms with Crippen LogP contribution < -0.4 is 14.2 Å². The molecule has 3 aromatic rings. The summed E-state index contributed by atoms with van der Waals surface area (Å²) in [7, 11) is 0. The quantitative estimate of drug-likeness (QED) is 0.296. The van der Waals surface area contributed by atoms with Crippen LogP contribution in [0.5, 0.6) is 17.2 Å². The molecule has 0 fully saturated rings. The number of benzene rings is 3. The number of ether oxygens (including phenoxy) is 3. The molecule has 0 bridgehead atoms. The Balaban J connectivity index is 1.91. The van der Waals surface area contributed by atoms with Gasteiger partial charge in [-0.2, -0.15) is 0 Å². The molecule has 0 spiro atoms. The molecular weight excluding hydrogens is 470 g/mol. The standard InChI is InChI=1S/C30H35NO6/c1-4-35-26-19-25(20-27(36-5-2)28(26)37-6-3)29(32)31(18-10-13-22-11-8-7-9-12-22)21-23-14-16-24(17-15-23)30(33)34/h7-9,11-12,14-17,19-20H,4-6,10,13,18,21H2,1-3H3,(H,33,34). The van der Waals surface area contributed by atoms with Gasteiger partial charge in [0.25, 0.3) is 5.91 Å². The fourth-order valence-electron chi connectivity index (χ4n) is 4.04. The van der Waals surface area contributed by atoms with E-state index in [0.29, 0.717) is 55.7 Å². The minimum Gasteiger partial charge on any atom is -0.490 e. The Hall–Kier alpha value is -4.00. The third kappa shape index (κ3) is 7.74. The Morgan fingerprint density at radius 1 is 0.757 bits per heavy atom. The molecule has 1 N–H and O–H groups in total. The maximum absolute atomic E-state index is 13.8. The van der Waals surface area contributed by atoms with E-state index in [1.807, 2.05) is 39.0 Å². The van der Waals surface area contributed by atoms with Crippen molar-refractivity contribution in [1.82, 2.24) is 4.90 Å². The van der Waals surface area contributed by atoms with Crippen molar-refractivity contribution < 1.29 is 28.9 Å². The Labute approximate surface area is 218 Å². The number of rotatable bonds is 14. The zero-order chi connectivity index (χ0) is 26.6. The summed E-state index contributed by atoms with van der Waals surface area (Å²) in [5.74, 6) is 0.272. The number of carboxylic acid groups (broad SMARTS) is 1. The van der Waals surface area contributed by atoms with Gasteiger partial charge in [-0.05, 0) is 69.0 Å². The number of carbonyl (C=O) groups is 2. The van der Waals surface area contributed by atoms with E-state index in [4.69, 9.17) is 14.2 Å². The number of amides is 1. The van der Waals surface area contributed by atoms with Gasteiger partial charge < -0.3 is 24.2 Å². The molecule has 7 heteroatoms. The maximum atomic E-state index is 13.8. The molecule has 0 saturated carbocycles. The lowest BCUT2D eigenvalue weighted by Crippen LogP contribution is -2.32. The molecule has 0 aliphatic carbocycles. The minimum absolute atomic E-state index is 0.166. The molecule has 0 atom stereocenters. The molecule has 7 nitrogen and oxygen atoms in total. The van der Waals surface area contributed by atoms with Gasteiger partial charge in [-0.15, -0.1) is 0 Å². The topological polar surface area (TPSA) is 85.3 Å². The summed E-state index contributed by atoms with van der Waals surface area (Å²) >= 11 is 0. The highest BCUT2D eigenvalue weighted by Crippen LogP contribution is 2.39. The van der Waals surface area contributed by atoms with Crippen LogP contribution in [0.25, 0.3) is 0 Å². The van der Waals surface area contributed by atoms with Crippen LogP contribution in [0, 0.1) is 0 Å². The molecular formula is C30H35NO6. The smallest absolute Gasteiger partial charge is 0.335 e. The summed E-state index contributed by atoms with van der Waals surface area (Å²) in [5, 5.41) is 9.22. The second kappa shape index (κ2) is 13.9. The summed E-state index contributed by atoms with van der Waals surface area (Å²) in [6, 6.07) is 20.2. The van der Waals surface area contributed by atoms with E-state index in [0.717, 1.165) is 18.4 Å². The highest BCUT2D eigenvalue weighted by atomic mass is 16.5. The van der Waals surface area contributed by atoms with Crippen molar-refractivity contribution in [3.8, 4) is 17.2 Å². The Kier molecular flexibility index (Phi) is 10.4. The van der Waals surface area contributed by atoms with E-state index in [1.165, 1.54) is 5.56 Å². The van der Waals surface area contributed by atoms with E-state index in [2.05, 4.69) is 12.1 Å². The van der Waals surface area contributed by atoms with Crippen LogP contribution in [0.15, 0.2) is 66.7 Å². The predicted octanol–water partition coefficient (Wildman–Crippen LogP) is 5.86. The van der Waals surface area contributed by atoms with Gasteiger partial charge in [-0.1, -0.05) is 42.5 Å². The van der Waals surface area contributed by atoms with Crippen molar-refractivity contribution in [2.24, 2.45) is 0 Å². The first-order valence-corrected chi connectivity index (χ1v) is 12.7. The SMILES string of the molecule is CCOc1cc(C(=O)N(CCCc2ccccc2)Cc2ccc(C(=O)O)cc2)cc(OCC)c1OCC. The predicted molar refractivity (Wildman–Crippen MR) is 143 cm³/mol. The third-order valence-electron chi connectivity index (χ3n) is 5.75. The monoisotopic (exact) mass is 505 g/mol. The summed E-state index contributed by atoms with van der Waals surface area (Å²) in [6.07, 6.45) is 1.61. The van der Waals surface area contributed by atoms with Gasteiger partial charge >= 0.3 is 5.97 Å². The van der Waals surface area contributed by atoms with Crippen molar-refractivity contribution >= 4 is 11.9 Å². The number of nitrogens with zero attached hydrogens (tertiary/aromatic N) is 1. The van der Waals surface area contributed by atoms with Gasteiger partial charge in [0, 0.05) is 18.7 Å². The Morgan fingerprint density at radius 3 is 1.89 bits per heavy atom. The van der Waals surface area contributed by atoms with E-state index in [9.17, 15) is 14.7 Å². The second-order valence-corrected chi connectivity index (χ2v) is 8.42. The average Bonchev–Trinajstić information content (AvgIpc) is 2.90. The second-order valence-electron chi connectivity index (χ2n) is 8.42. The number of carboxylic acids is 1. The van der Waals surface area contributed by atoms with Crippen LogP contribution in [0.4, 0.5) is 0 Å². The zero-order valence-electron chi connectivity index (χ0n) is 21.7. The number of hydrogen-bond acceptors (Lipinski definition) is 5. The lowest BCUT2D eigenvalue weighted by atomic mass is 10.1. The molecule has 0 unspecified atom stereocenters. The Bertz CT molecular complexity index is 1130. The van der Waals surface area contributed by atoms with Crippen molar-refractivity contribution in [2.75, 3.05) is 26.4 Å². The van der Waals surface area contributed by atoms with Crippen molar-refractivity contribution in [1.29, 1.82) is 0 Å². The lowest BCUT2D eigenvalue weighted by Gasteiger charge is -2.24. The largest absolute Gasteiger partial charge is 0.490 e. The molecule has 0 radical (unpaired) electrons. The maximum Gasteiger partial charge on any atom is 0.335 e. The molecule has 3 rings (SSSR count). The normalized spacial score (nSPS) is 10.6. The molecule has 1 amide bonds.